The summed E-state index contributed by atoms with van der Waals surface area (Å²) in [5, 5.41) is 11.0. The Bertz CT molecular complexity index is 646. The van der Waals surface area contributed by atoms with Crippen molar-refractivity contribution in [2.75, 3.05) is 13.1 Å². The lowest BCUT2D eigenvalue weighted by Crippen LogP contribution is -2.38. The van der Waals surface area contributed by atoms with E-state index < -0.39 is 27.9 Å². The standard InChI is InChI=1S/C12H17N3O5S/c1-8(12(17)18)14-11(16)10-6-9(7-13-10)21(19,20)15-4-2-3-5-15/h6-8,13H,2-5H2,1H3,(H,14,16)(H,17,18). The average Bonchev–Trinajstić information content (AvgIpc) is 3.10. The summed E-state index contributed by atoms with van der Waals surface area (Å²) in [5.74, 6) is -1.83. The number of nitrogens with one attached hydrogen (secondary N) is 2. The third-order valence-electron chi connectivity index (χ3n) is 3.32. The Kier molecular flexibility index (Phi) is 4.33. The molecule has 0 spiro atoms. The molecule has 116 valence electrons. The van der Waals surface area contributed by atoms with E-state index in [2.05, 4.69) is 10.3 Å². The van der Waals surface area contributed by atoms with Crippen molar-refractivity contribution in [1.82, 2.24) is 14.6 Å². The van der Waals surface area contributed by atoms with E-state index in [1.165, 1.54) is 23.5 Å². The molecule has 3 N–H and O–H groups in total. The fraction of sp³-hybridized carbons (Fsp3) is 0.500. The fourth-order valence-electron chi connectivity index (χ4n) is 2.07. The molecule has 1 aromatic rings. The number of hydrogen-bond acceptors (Lipinski definition) is 4. The molecular weight excluding hydrogens is 298 g/mol. The van der Waals surface area contributed by atoms with E-state index in [1.807, 2.05) is 0 Å². The van der Waals surface area contributed by atoms with Crippen LogP contribution in [0, 0.1) is 0 Å². The van der Waals surface area contributed by atoms with Gasteiger partial charge in [0.25, 0.3) is 5.91 Å². The first-order valence-electron chi connectivity index (χ1n) is 6.54. The number of rotatable bonds is 5. The minimum Gasteiger partial charge on any atom is -0.480 e. The van der Waals surface area contributed by atoms with Gasteiger partial charge in [0.1, 0.15) is 16.6 Å². The van der Waals surface area contributed by atoms with Gasteiger partial charge in [-0.15, -0.1) is 0 Å². The van der Waals surface area contributed by atoms with Crippen LogP contribution in [0.3, 0.4) is 0 Å². The van der Waals surface area contributed by atoms with Crippen LogP contribution in [0.15, 0.2) is 17.2 Å². The highest BCUT2D eigenvalue weighted by Crippen LogP contribution is 2.21. The lowest BCUT2D eigenvalue weighted by atomic mass is 10.3. The van der Waals surface area contributed by atoms with Crippen LogP contribution in [-0.2, 0) is 14.8 Å². The molecule has 0 aromatic carbocycles. The van der Waals surface area contributed by atoms with Gasteiger partial charge in [-0.3, -0.25) is 9.59 Å². The minimum absolute atomic E-state index is 0.0116. The third-order valence-corrected chi connectivity index (χ3v) is 5.20. The molecule has 21 heavy (non-hydrogen) atoms. The number of aromatic nitrogens is 1. The summed E-state index contributed by atoms with van der Waals surface area (Å²) in [6, 6.07) is 0.164. The van der Waals surface area contributed by atoms with Crippen LogP contribution in [0.4, 0.5) is 0 Å². The molecule has 2 heterocycles. The molecule has 1 aliphatic heterocycles. The predicted molar refractivity (Wildman–Crippen MR) is 73.3 cm³/mol. The van der Waals surface area contributed by atoms with Crippen molar-refractivity contribution in [3.63, 3.8) is 0 Å². The number of carbonyl (C=O) groups excluding carboxylic acids is 1. The molecule has 0 radical (unpaired) electrons. The van der Waals surface area contributed by atoms with Gasteiger partial charge in [-0.05, 0) is 25.8 Å². The maximum Gasteiger partial charge on any atom is 0.325 e. The summed E-state index contributed by atoms with van der Waals surface area (Å²) < 4.78 is 25.9. The molecule has 9 heteroatoms. The molecule has 1 unspecified atom stereocenters. The number of hydrogen-bond donors (Lipinski definition) is 3. The molecule has 0 bridgehead atoms. The first-order chi connectivity index (χ1) is 9.82. The van der Waals surface area contributed by atoms with E-state index in [0.29, 0.717) is 13.1 Å². The summed E-state index contributed by atoms with van der Waals surface area (Å²) in [4.78, 5) is 25.1. The molecule has 1 amide bonds. The Morgan fingerprint density at radius 1 is 1.38 bits per heavy atom. The lowest BCUT2D eigenvalue weighted by molar-refractivity contribution is -0.138. The zero-order valence-electron chi connectivity index (χ0n) is 11.5. The molecule has 1 aromatic heterocycles. The molecule has 0 aliphatic carbocycles. The van der Waals surface area contributed by atoms with Crippen LogP contribution in [0.25, 0.3) is 0 Å². The van der Waals surface area contributed by atoms with Crippen molar-refractivity contribution in [2.24, 2.45) is 0 Å². The average molecular weight is 315 g/mol. The van der Waals surface area contributed by atoms with E-state index in [0.717, 1.165) is 12.8 Å². The Morgan fingerprint density at radius 2 is 2.00 bits per heavy atom. The highest BCUT2D eigenvalue weighted by atomic mass is 32.2. The van der Waals surface area contributed by atoms with Crippen LogP contribution >= 0.6 is 0 Å². The number of nitrogens with zero attached hydrogens (tertiary/aromatic N) is 1. The summed E-state index contributed by atoms with van der Waals surface area (Å²) >= 11 is 0. The number of aromatic amines is 1. The van der Waals surface area contributed by atoms with Gasteiger partial charge in [0, 0.05) is 19.3 Å². The Labute approximate surface area is 122 Å². The zero-order valence-corrected chi connectivity index (χ0v) is 12.3. The van der Waals surface area contributed by atoms with E-state index in [4.69, 9.17) is 5.11 Å². The highest BCUT2D eigenvalue weighted by Gasteiger charge is 2.28. The maximum absolute atomic E-state index is 12.3. The zero-order chi connectivity index (χ0) is 15.6. The van der Waals surface area contributed by atoms with Crippen molar-refractivity contribution in [1.29, 1.82) is 0 Å². The number of aliphatic carboxylic acids is 1. The molecule has 1 atom stereocenters. The van der Waals surface area contributed by atoms with Crippen LogP contribution in [-0.4, -0.2) is 53.8 Å². The van der Waals surface area contributed by atoms with Crippen molar-refractivity contribution < 1.29 is 23.1 Å². The number of carboxylic acids is 1. The number of sulfonamides is 1. The lowest BCUT2D eigenvalue weighted by Gasteiger charge is -2.13. The second-order valence-corrected chi connectivity index (χ2v) is 6.83. The van der Waals surface area contributed by atoms with Gasteiger partial charge in [-0.2, -0.15) is 4.31 Å². The van der Waals surface area contributed by atoms with Crippen molar-refractivity contribution in [3.05, 3.63) is 18.0 Å². The predicted octanol–water partition coefficient (Wildman–Crippen LogP) is 0.00210. The quantitative estimate of drug-likeness (QED) is 0.706. The molecule has 1 fully saturated rings. The van der Waals surface area contributed by atoms with Gasteiger partial charge in [0.2, 0.25) is 10.0 Å². The van der Waals surface area contributed by atoms with Gasteiger partial charge in [-0.1, -0.05) is 0 Å². The van der Waals surface area contributed by atoms with Crippen LogP contribution in [0.2, 0.25) is 0 Å². The van der Waals surface area contributed by atoms with Gasteiger partial charge in [0.05, 0.1) is 0 Å². The number of amides is 1. The third kappa shape index (κ3) is 3.24. The summed E-state index contributed by atoms with van der Waals surface area (Å²) in [7, 11) is -3.59. The minimum atomic E-state index is -3.59. The smallest absolute Gasteiger partial charge is 0.325 e. The normalized spacial score (nSPS) is 17.6. The summed E-state index contributed by atoms with van der Waals surface area (Å²) in [6.07, 6.45) is 2.90. The Balaban J connectivity index is 2.14. The second kappa shape index (κ2) is 5.86. The van der Waals surface area contributed by atoms with Gasteiger partial charge >= 0.3 is 5.97 Å². The van der Waals surface area contributed by atoms with Crippen LogP contribution in [0.5, 0.6) is 0 Å². The summed E-state index contributed by atoms with van der Waals surface area (Å²) in [5.41, 5.74) is 0.0147. The van der Waals surface area contributed by atoms with Crippen molar-refractivity contribution >= 4 is 21.9 Å². The van der Waals surface area contributed by atoms with Crippen LogP contribution in [0.1, 0.15) is 30.3 Å². The molecule has 8 nitrogen and oxygen atoms in total. The topological polar surface area (TPSA) is 120 Å². The van der Waals surface area contributed by atoms with Crippen molar-refractivity contribution in [2.45, 2.75) is 30.7 Å². The van der Waals surface area contributed by atoms with Gasteiger partial charge in [-0.25, -0.2) is 8.42 Å². The first-order valence-corrected chi connectivity index (χ1v) is 7.98. The van der Waals surface area contributed by atoms with Gasteiger partial charge < -0.3 is 15.4 Å². The SMILES string of the molecule is CC(NC(=O)c1cc(S(=O)(=O)N2CCCC2)c[nH]1)C(=O)O. The van der Waals surface area contributed by atoms with Gasteiger partial charge in [0.15, 0.2) is 0 Å². The van der Waals surface area contributed by atoms with E-state index in [-0.39, 0.29) is 10.6 Å². The molecule has 2 rings (SSSR count). The second-order valence-electron chi connectivity index (χ2n) is 4.89. The van der Waals surface area contributed by atoms with E-state index >= 15 is 0 Å². The number of carboxylic acid groups (broad SMARTS) is 1. The monoisotopic (exact) mass is 315 g/mol. The maximum atomic E-state index is 12.3. The number of H-pyrrole nitrogens is 1. The fourth-order valence-corrected chi connectivity index (χ4v) is 3.58. The summed E-state index contributed by atoms with van der Waals surface area (Å²) in [6.45, 7) is 2.28. The first kappa shape index (κ1) is 15.5. The number of carbonyl (C=O) groups is 2. The highest BCUT2D eigenvalue weighted by molar-refractivity contribution is 7.89. The Morgan fingerprint density at radius 3 is 2.57 bits per heavy atom. The molecule has 0 saturated carbocycles. The van der Waals surface area contributed by atoms with E-state index in [9.17, 15) is 18.0 Å². The van der Waals surface area contributed by atoms with Crippen LogP contribution < -0.4 is 5.32 Å². The Hall–Kier alpha value is -1.87. The molecule has 1 saturated heterocycles. The van der Waals surface area contributed by atoms with E-state index in [1.54, 1.807) is 0 Å². The molecule has 1 aliphatic rings. The molecular formula is C12H17N3O5S. The van der Waals surface area contributed by atoms with Crippen molar-refractivity contribution in [3.8, 4) is 0 Å². The largest absolute Gasteiger partial charge is 0.480 e.